The van der Waals surface area contributed by atoms with Gasteiger partial charge >= 0.3 is 0 Å². The number of aromatic nitrogens is 2. The number of hydrogen-bond donors (Lipinski definition) is 1. The number of nitrogens with one attached hydrogen (secondary N) is 1. The first-order chi connectivity index (χ1) is 13.8. The third-order valence-electron chi connectivity index (χ3n) is 4.30. The molecule has 0 saturated heterocycles. The van der Waals surface area contributed by atoms with Crippen LogP contribution in [0.2, 0.25) is 0 Å². The zero-order valence-electron chi connectivity index (χ0n) is 16.5. The summed E-state index contributed by atoms with van der Waals surface area (Å²) < 4.78 is 1.78. The van der Waals surface area contributed by atoms with Crippen LogP contribution in [0, 0.1) is 30.9 Å². The molecule has 1 aromatic heterocycles. The number of amides is 1. The molecule has 0 aliphatic carbocycles. The Morgan fingerprint density at radius 2 is 1.83 bits per heavy atom. The molecule has 0 aliphatic rings. The maximum Gasteiger partial charge on any atom is 0.272 e. The summed E-state index contributed by atoms with van der Waals surface area (Å²) in [6, 6.07) is 14.5. The lowest BCUT2D eigenvalue weighted by Gasteiger charge is -2.09. The number of carbonyl (C=O) groups excluding carboxylic acids is 1. The fourth-order valence-corrected chi connectivity index (χ4v) is 3.80. The Balaban J connectivity index is 1.72. The van der Waals surface area contributed by atoms with Gasteiger partial charge in [0.15, 0.2) is 0 Å². The largest absolute Gasteiger partial charge is 0.326 e. The minimum absolute atomic E-state index is 0.0593. The molecule has 0 saturated carbocycles. The number of rotatable bonds is 7. The highest BCUT2D eigenvalue weighted by molar-refractivity contribution is 7.99. The van der Waals surface area contributed by atoms with Gasteiger partial charge in [-0.1, -0.05) is 29.5 Å². The molecule has 150 valence electrons. The molecule has 0 bridgehead atoms. The molecule has 7 nitrogen and oxygen atoms in total. The zero-order chi connectivity index (χ0) is 21.0. The predicted molar refractivity (Wildman–Crippen MR) is 113 cm³/mol. The number of carbonyl (C=O) groups is 1. The van der Waals surface area contributed by atoms with Crippen LogP contribution in [0.15, 0.2) is 58.3 Å². The predicted octanol–water partition coefficient (Wildman–Crippen LogP) is 4.90. The van der Waals surface area contributed by atoms with Gasteiger partial charge < -0.3 is 5.32 Å². The van der Waals surface area contributed by atoms with Crippen LogP contribution in [-0.2, 0) is 11.3 Å². The van der Waals surface area contributed by atoms with E-state index in [-0.39, 0.29) is 18.0 Å². The van der Waals surface area contributed by atoms with Crippen molar-refractivity contribution in [2.75, 3.05) is 5.32 Å². The summed E-state index contributed by atoms with van der Waals surface area (Å²) in [6.45, 7) is 6.29. The number of non-ortho nitro benzene ring substituents is 1. The highest BCUT2D eigenvalue weighted by atomic mass is 32.2. The maximum absolute atomic E-state index is 12.4. The summed E-state index contributed by atoms with van der Waals surface area (Å²) in [5.41, 5.74) is 3.38. The fourth-order valence-electron chi connectivity index (χ4n) is 2.89. The van der Waals surface area contributed by atoms with Crippen molar-refractivity contribution in [3.8, 4) is 0 Å². The van der Waals surface area contributed by atoms with Gasteiger partial charge in [-0.05, 0) is 45.0 Å². The lowest BCUT2D eigenvalue weighted by Crippen LogP contribution is -2.15. The van der Waals surface area contributed by atoms with Crippen molar-refractivity contribution in [3.05, 3.63) is 75.6 Å². The molecule has 3 aromatic rings. The van der Waals surface area contributed by atoms with E-state index in [9.17, 15) is 14.9 Å². The fraction of sp³-hybridized carbons (Fsp3) is 0.238. The first-order valence-corrected chi connectivity index (χ1v) is 9.97. The number of aryl methyl sites for hydroxylation is 4. The van der Waals surface area contributed by atoms with E-state index in [2.05, 4.69) is 10.4 Å². The first-order valence-electron chi connectivity index (χ1n) is 9.15. The van der Waals surface area contributed by atoms with Crippen LogP contribution in [0.25, 0.3) is 0 Å². The molecule has 0 unspecified atom stereocenters. The van der Waals surface area contributed by atoms with Crippen molar-refractivity contribution >= 4 is 29.0 Å². The molecular formula is C21H22N4O3S. The van der Waals surface area contributed by atoms with Crippen LogP contribution in [0.5, 0.6) is 0 Å². The van der Waals surface area contributed by atoms with Gasteiger partial charge in [0.1, 0.15) is 0 Å². The Labute approximate surface area is 173 Å². The minimum Gasteiger partial charge on any atom is -0.326 e. The topological polar surface area (TPSA) is 90.1 Å². The molecule has 1 N–H and O–H groups in total. The lowest BCUT2D eigenvalue weighted by molar-refractivity contribution is -0.385. The summed E-state index contributed by atoms with van der Waals surface area (Å²) in [4.78, 5) is 24.9. The Kier molecular flexibility index (Phi) is 6.33. The standard InChI is InChI=1S/C21H22N4O3S/c1-14-4-6-19(7-5-14)29-20-12-17(11-18(13-20)25(27)28)22-21(26)8-9-24-16(3)10-15(2)23-24/h4-7,10-13H,8-9H2,1-3H3,(H,22,26). The van der Waals surface area contributed by atoms with Crippen LogP contribution < -0.4 is 5.32 Å². The van der Waals surface area contributed by atoms with Gasteiger partial charge in [0.2, 0.25) is 5.91 Å². The summed E-state index contributed by atoms with van der Waals surface area (Å²) in [5.74, 6) is -0.218. The van der Waals surface area contributed by atoms with Crippen molar-refractivity contribution in [2.24, 2.45) is 0 Å². The molecule has 1 heterocycles. The maximum atomic E-state index is 12.4. The zero-order valence-corrected chi connectivity index (χ0v) is 17.3. The highest BCUT2D eigenvalue weighted by Crippen LogP contribution is 2.33. The number of nitro benzene ring substituents is 1. The average Bonchev–Trinajstić information content (AvgIpc) is 2.99. The minimum atomic E-state index is -0.454. The molecular weight excluding hydrogens is 388 g/mol. The number of hydrogen-bond acceptors (Lipinski definition) is 5. The van der Waals surface area contributed by atoms with E-state index in [0.29, 0.717) is 17.1 Å². The van der Waals surface area contributed by atoms with Gasteiger partial charge in [-0.15, -0.1) is 0 Å². The number of nitrogens with zero attached hydrogens (tertiary/aromatic N) is 3. The molecule has 1 amide bonds. The highest BCUT2D eigenvalue weighted by Gasteiger charge is 2.13. The van der Waals surface area contributed by atoms with Crippen molar-refractivity contribution < 1.29 is 9.72 Å². The summed E-state index contributed by atoms with van der Waals surface area (Å²) in [5, 5.41) is 18.4. The van der Waals surface area contributed by atoms with Crippen molar-refractivity contribution in [1.82, 2.24) is 9.78 Å². The first kappa shape index (κ1) is 20.6. The molecule has 0 atom stereocenters. The van der Waals surface area contributed by atoms with Crippen LogP contribution in [0.4, 0.5) is 11.4 Å². The summed E-state index contributed by atoms with van der Waals surface area (Å²) >= 11 is 1.41. The SMILES string of the molecule is Cc1ccc(Sc2cc(NC(=O)CCn3nc(C)cc3C)cc([N+](=O)[O-])c2)cc1. The number of anilines is 1. The Hall–Kier alpha value is -3.13. The number of benzene rings is 2. The van der Waals surface area contributed by atoms with E-state index in [4.69, 9.17) is 0 Å². The van der Waals surface area contributed by atoms with Gasteiger partial charge in [-0.3, -0.25) is 19.6 Å². The van der Waals surface area contributed by atoms with E-state index in [0.717, 1.165) is 21.8 Å². The van der Waals surface area contributed by atoms with Crippen LogP contribution in [0.3, 0.4) is 0 Å². The molecule has 0 fully saturated rings. The normalized spacial score (nSPS) is 10.7. The van der Waals surface area contributed by atoms with Crippen molar-refractivity contribution in [2.45, 2.75) is 43.5 Å². The second-order valence-electron chi connectivity index (χ2n) is 6.84. The third kappa shape index (κ3) is 5.68. The van der Waals surface area contributed by atoms with Gasteiger partial charge in [-0.25, -0.2) is 0 Å². The Morgan fingerprint density at radius 3 is 2.45 bits per heavy atom. The van der Waals surface area contributed by atoms with Gasteiger partial charge in [0, 0.05) is 46.3 Å². The molecule has 2 aromatic carbocycles. The summed E-state index contributed by atoms with van der Waals surface area (Å²) in [6.07, 6.45) is 0.227. The number of nitro groups is 1. The third-order valence-corrected chi connectivity index (χ3v) is 5.28. The second kappa shape index (κ2) is 8.91. The van der Waals surface area contributed by atoms with E-state index >= 15 is 0 Å². The smallest absolute Gasteiger partial charge is 0.272 e. The van der Waals surface area contributed by atoms with Crippen LogP contribution >= 0.6 is 11.8 Å². The van der Waals surface area contributed by atoms with E-state index in [1.54, 1.807) is 10.7 Å². The van der Waals surface area contributed by atoms with Gasteiger partial charge in [-0.2, -0.15) is 5.10 Å². The second-order valence-corrected chi connectivity index (χ2v) is 7.98. The van der Waals surface area contributed by atoms with E-state index < -0.39 is 4.92 Å². The average molecular weight is 410 g/mol. The molecule has 0 radical (unpaired) electrons. The van der Waals surface area contributed by atoms with Gasteiger partial charge in [0.05, 0.1) is 10.6 Å². The molecule has 0 aliphatic heterocycles. The molecule has 8 heteroatoms. The lowest BCUT2D eigenvalue weighted by atomic mass is 10.2. The van der Waals surface area contributed by atoms with Gasteiger partial charge in [0.25, 0.3) is 5.69 Å². The van der Waals surface area contributed by atoms with E-state index in [1.165, 1.54) is 23.9 Å². The Morgan fingerprint density at radius 1 is 1.10 bits per heavy atom. The summed E-state index contributed by atoms with van der Waals surface area (Å²) in [7, 11) is 0. The van der Waals surface area contributed by atoms with Crippen LogP contribution in [-0.4, -0.2) is 20.6 Å². The van der Waals surface area contributed by atoms with E-state index in [1.807, 2.05) is 51.1 Å². The quantitative estimate of drug-likeness (QED) is 0.442. The monoisotopic (exact) mass is 410 g/mol. The molecule has 3 rings (SSSR count). The Bertz CT molecular complexity index is 1040. The van der Waals surface area contributed by atoms with Crippen LogP contribution in [0.1, 0.15) is 23.4 Å². The van der Waals surface area contributed by atoms with Crippen molar-refractivity contribution in [1.29, 1.82) is 0 Å². The molecule has 0 spiro atoms. The van der Waals surface area contributed by atoms with Crippen molar-refractivity contribution in [3.63, 3.8) is 0 Å². The molecule has 29 heavy (non-hydrogen) atoms.